The molecule has 0 bridgehead atoms. The molecule has 3 heterocycles. The Morgan fingerprint density at radius 3 is 2.63 bits per heavy atom. The van der Waals surface area contributed by atoms with Crippen LogP contribution in [0.1, 0.15) is 29.3 Å². The summed E-state index contributed by atoms with van der Waals surface area (Å²) in [7, 11) is 1.65. The first kappa shape index (κ1) is 18.7. The molecule has 0 saturated carbocycles. The van der Waals surface area contributed by atoms with Crippen molar-refractivity contribution in [3.05, 3.63) is 64.8 Å². The summed E-state index contributed by atoms with van der Waals surface area (Å²) in [6, 6.07) is 14.0. The van der Waals surface area contributed by atoms with Crippen molar-refractivity contribution < 1.29 is 14.3 Å². The first-order valence-electron chi connectivity index (χ1n) is 10.3. The molecule has 2 aliphatic heterocycles. The Morgan fingerprint density at radius 2 is 1.90 bits per heavy atom. The fraction of sp³-hybridized carbons (Fsp3) is 0.333. The Balaban J connectivity index is 1.58. The Kier molecular flexibility index (Phi) is 4.13. The molecular weight excluding hydrogens is 378 g/mol. The van der Waals surface area contributed by atoms with Gasteiger partial charge in [-0.3, -0.25) is 9.59 Å². The van der Waals surface area contributed by atoms with E-state index in [9.17, 15) is 9.59 Å². The lowest BCUT2D eigenvalue weighted by Crippen LogP contribution is -2.66. The van der Waals surface area contributed by atoms with Gasteiger partial charge in [-0.05, 0) is 49.6 Å². The van der Waals surface area contributed by atoms with E-state index in [-0.39, 0.29) is 18.4 Å². The second-order valence-corrected chi connectivity index (χ2v) is 8.40. The van der Waals surface area contributed by atoms with Crippen LogP contribution in [0.5, 0.6) is 5.75 Å². The third-order valence-electron chi connectivity index (χ3n) is 6.55. The molecule has 2 aliphatic rings. The van der Waals surface area contributed by atoms with E-state index in [0.29, 0.717) is 13.1 Å². The monoisotopic (exact) mass is 403 g/mol. The number of ether oxygens (including phenoxy) is 1. The number of hydrogen-bond donors (Lipinski definition) is 1. The number of carbonyl (C=O) groups excluding carboxylic acids is 2. The van der Waals surface area contributed by atoms with Gasteiger partial charge in [0.15, 0.2) is 5.54 Å². The highest BCUT2D eigenvalue weighted by atomic mass is 16.5. The van der Waals surface area contributed by atoms with Crippen LogP contribution in [0.3, 0.4) is 0 Å². The van der Waals surface area contributed by atoms with E-state index >= 15 is 0 Å². The van der Waals surface area contributed by atoms with E-state index < -0.39 is 5.54 Å². The van der Waals surface area contributed by atoms with Crippen molar-refractivity contribution in [1.29, 1.82) is 0 Å². The standard InChI is InChI=1S/C24H25N3O3/c1-15-4-6-16(7-5-15)13-26-14-21(28)27-11-10-18-19-12-17(30-3)8-9-20(19)25-22(18)24(27,2)23(26)29/h4-9,12,25H,10-11,13-14H2,1-3H3. The molecule has 3 aromatic rings. The third kappa shape index (κ3) is 2.63. The van der Waals surface area contributed by atoms with Gasteiger partial charge in [-0.25, -0.2) is 0 Å². The SMILES string of the molecule is COc1ccc2[nH]c3c(c2c1)CCN1C(=O)CN(Cc2ccc(C)cc2)C(=O)C31C. The molecule has 1 aromatic heterocycles. The molecule has 154 valence electrons. The third-order valence-corrected chi connectivity index (χ3v) is 6.55. The lowest BCUT2D eigenvalue weighted by atomic mass is 9.83. The smallest absolute Gasteiger partial charge is 0.255 e. The van der Waals surface area contributed by atoms with Crippen molar-refractivity contribution in [2.24, 2.45) is 0 Å². The van der Waals surface area contributed by atoms with Crippen LogP contribution in [-0.4, -0.2) is 46.8 Å². The van der Waals surface area contributed by atoms with Crippen molar-refractivity contribution in [1.82, 2.24) is 14.8 Å². The molecule has 2 amide bonds. The summed E-state index contributed by atoms with van der Waals surface area (Å²) in [6.07, 6.45) is 0.717. The van der Waals surface area contributed by atoms with Crippen LogP contribution < -0.4 is 4.74 Å². The maximum atomic E-state index is 13.7. The molecule has 1 saturated heterocycles. The second-order valence-electron chi connectivity index (χ2n) is 8.40. The molecular formula is C24H25N3O3. The number of amides is 2. The van der Waals surface area contributed by atoms with Gasteiger partial charge in [-0.1, -0.05) is 29.8 Å². The molecule has 6 heteroatoms. The molecule has 1 atom stereocenters. The molecule has 0 spiro atoms. The van der Waals surface area contributed by atoms with Crippen molar-refractivity contribution in [2.75, 3.05) is 20.2 Å². The summed E-state index contributed by atoms with van der Waals surface area (Å²) in [5.74, 6) is 0.733. The molecule has 0 radical (unpaired) electrons. The Bertz CT molecular complexity index is 1160. The number of fused-ring (bicyclic) bond motifs is 5. The number of rotatable bonds is 3. The van der Waals surface area contributed by atoms with Gasteiger partial charge in [-0.15, -0.1) is 0 Å². The zero-order valence-corrected chi connectivity index (χ0v) is 17.5. The minimum absolute atomic E-state index is 0.00824. The summed E-state index contributed by atoms with van der Waals surface area (Å²) in [6.45, 7) is 4.99. The molecule has 1 N–H and O–H groups in total. The average Bonchev–Trinajstić information content (AvgIpc) is 3.12. The Morgan fingerprint density at radius 1 is 1.13 bits per heavy atom. The fourth-order valence-electron chi connectivity index (χ4n) is 4.88. The van der Waals surface area contributed by atoms with Crippen molar-refractivity contribution in [3.8, 4) is 5.75 Å². The van der Waals surface area contributed by atoms with E-state index in [1.54, 1.807) is 16.9 Å². The summed E-state index contributed by atoms with van der Waals surface area (Å²) < 4.78 is 5.39. The zero-order valence-electron chi connectivity index (χ0n) is 17.5. The first-order valence-corrected chi connectivity index (χ1v) is 10.3. The molecule has 5 rings (SSSR count). The van der Waals surface area contributed by atoms with Crippen LogP contribution in [-0.2, 0) is 28.1 Å². The lowest BCUT2D eigenvalue weighted by molar-refractivity contribution is -0.166. The highest BCUT2D eigenvalue weighted by molar-refractivity contribution is 6.00. The second kappa shape index (κ2) is 6.62. The van der Waals surface area contributed by atoms with Gasteiger partial charge < -0.3 is 19.5 Å². The van der Waals surface area contributed by atoms with Gasteiger partial charge in [0.2, 0.25) is 5.91 Å². The normalized spacial score (nSPS) is 21.0. The van der Waals surface area contributed by atoms with Gasteiger partial charge in [0, 0.05) is 24.0 Å². The number of nitrogens with one attached hydrogen (secondary N) is 1. The largest absolute Gasteiger partial charge is 0.497 e. The van der Waals surface area contributed by atoms with Crippen molar-refractivity contribution in [3.63, 3.8) is 0 Å². The maximum absolute atomic E-state index is 13.7. The van der Waals surface area contributed by atoms with E-state index in [1.807, 2.05) is 56.3 Å². The summed E-state index contributed by atoms with van der Waals surface area (Å²) in [5.41, 5.74) is 4.05. The summed E-state index contributed by atoms with van der Waals surface area (Å²) >= 11 is 0. The number of nitrogens with zero attached hydrogens (tertiary/aromatic N) is 2. The van der Waals surface area contributed by atoms with E-state index in [1.165, 1.54) is 5.56 Å². The van der Waals surface area contributed by atoms with Gasteiger partial charge in [0.1, 0.15) is 12.3 Å². The number of carbonyl (C=O) groups is 2. The number of aromatic nitrogens is 1. The number of H-pyrrole nitrogens is 1. The minimum atomic E-state index is -1.03. The molecule has 6 nitrogen and oxygen atoms in total. The van der Waals surface area contributed by atoms with Crippen LogP contribution >= 0.6 is 0 Å². The van der Waals surface area contributed by atoms with E-state index in [2.05, 4.69) is 4.98 Å². The molecule has 0 aliphatic carbocycles. The van der Waals surface area contributed by atoms with Gasteiger partial charge in [0.05, 0.1) is 12.8 Å². The van der Waals surface area contributed by atoms with Gasteiger partial charge >= 0.3 is 0 Å². The highest BCUT2D eigenvalue weighted by Gasteiger charge is 2.54. The predicted molar refractivity (Wildman–Crippen MR) is 114 cm³/mol. The lowest BCUT2D eigenvalue weighted by Gasteiger charge is -2.49. The highest BCUT2D eigenvalue weighted by Crippen LogP contribution is 2.42. The molecule has 2 aromatic carbocycles. The van der Waals surface area contributed by atoms with Crippen LogP contribution in [0.2, 0.25) is 0 Å². The van der Waals surface area contributed by atoms with Crippen LogP contribution in [0.4, 0.5) is 0 Å². The van der Waals surface area contributed by atoms with E-state index in [0.717, 1.165) is 39.9 Å². The molecule has 1 unspecified atom stereocenters. The average molecular weight is 403 g/mol. The Hall–Kier alpha value is -3.28. The van der Waals surface area contributed by atoms with Gasteiger partial charge in [0.25, 0.3) is 5.91 Å². The number of piperazine rings is 1. The topological polar surface area (TPSA) is 65.6 Å². The number of hydrogen-bond acceptors (Lipinski definition) is 3. The minimum Gasteiger partial charge on any atom is -0.497 e. The number of benzene rings is 2. The molecule has 1 fully saturated rings. The number of aryl methyl sites for hydroxylation is 1. The van der Waals surface area contributed by atoms with Gasteiger partial charge in [-0.2, -0.15) is 0 Å². The quantitative estimate of drug-likeness (QED) is 0.731. The predicted octanol–water partition coefficient (Wildman–Crippen LogP) is 3.13. The summed E-state index contributed by atoms with van der Waals surface area (Å²) in [4.78, 5) is 33.7. The van der Waals surface area contributed by atoms with Crippen molar-refractivity contribution >= 4 is 22.7 Å². The fourth-order valence-corrected chi connectivity index (χ4v) is 4.88. The van der Waals surface area contributed by atoms with Crippen molar-refractivity contribution in [2.45, 2.75) is 32.4 Å². The number of methoxy groups -OCH3 is 1. The maximum Gasteiger partial charge on any atom is 0.255 e. The molecule has 30 heavy (non-hydrogen) atoms. The summed E-state index contributed by atoms with van der Waals surface area (Å²) in [5, 5.41) is 1.06. The Labute approximate surface area is 175 Å². The first-order chi connectivity index (χ1) is 14.4. The van der Waals surface area contributed by atoms with Crippen LogP contribution in [0.15, 0.2) is 42.5 Å². The van der Waals surface area contributed by atoms with E-state index in [4.69, 9.17) is 4.74 Å². The van der Waals surface area contributed by atoms with Crippen LogP contribution in [0.25, 0.3) is 10.9 Å². The zero-order chi connectivity index (χ0) is 21.0. The van der Waals surface area contributed by atoms with Crippen LogP contribution in [0, 0.1) is 6.92 Å². The number of aromatic amines is 1.